The Morgan fingerprint density at radius 1 is 1.27 bits per heavy atom. The molecule has 8 nitrogen and oxygen atoms in total. The molecule has 0 aromatic carbocycles. The summed E-state index contributed by atoms with van der Waals surface area (Å²) in [7, 11) is 3.49. The third-order valence-corrected chi connectivity index (χ3v) is 1.16. The molecule has 0 fully saturated rings. The predicted octanol–water partition coefficient (Wildman–Crippen LogP) is 0.212. The third kappa shape index (κ3) is 4.47. The van der Waals surface area contributed by atoms with Crippen LogP contribution in [-0.2, 0) is 14.1 Å². The molecule has 2 heterocycles. The molecule has 2 rings (SSSR count). The molecule has 0 aliphatic heterocycles. The SMILES string of the molecule is C.Cn1cnnn1.[C-]#[N+]c1cn(C)nn1. The van der Waals surface area contributed by atoms with Crippen LogP contribution in [0.2, 0.25) is 0 Å². The fraction of sp³-hybridized carbons (Fsp3) is 0.429. The summed E-state index contributed by atoms with van der Waals surface area (Å²) >= 11 is 0. The molecule has 0 aliphatic carbocycles. The van der Waals surface area contributed by atoms with Crippen LogP contribution in [0.3, 0.4) is 0 Å². The van der Waals surface area contributed by atoms with Crippen molar-refractivity contribution in [2.24, 2.45) is 14.1 Å². The minimum Gasteiger partial charge on any atom is -0.358 e. The van der Waals surface area contributed by atoms with E-state index in [1.165, 1.54) is 15.7 Å². The first-order valence-electron chi connectivity index (χ1n) is 3.63. The van der Waals surface area contributed by atoms with E-state index in [4.69, 9.17) is 6.57 Å². The molecule has 0 spiro atoms. The number of hydrogen-bond donors (Lipinski definition) is 0. The maximum atomic E-state index is 6.47. The molecule has 15 heavy (non-hydrogen) atoms. The van der Waals surface area contributed by atoms with E-state index in [9.17, 15) is 0 Å². The van der Waals surface area contributed by atoms with Crippen LogP contribution in [0, 0.1) is 6.57 Å². The van der Waals surface area contributed by atoms with Gasteiger partial charge in [-0.3, -0.25) is 0 Å². The Labute approximate surface area is 87.3 Å². The van der Waals surface area contributed by atoms with Crippen LogP contribution in [0.25, 0.3) is 4.85 Å². The average molecular weight is 208 g/mol. The van der Waals surface area contributed by atoms with Crippen LogP contribution < -0.4 is 0 Å². The first kappa shape index (κ1) is 12.7. The van der Waals surface area contributed by atoms with Crippen LogP contribution >= 0.6 is 0 Å². The van der Waals surface area contributed by atoms with Crippen molar-refractivity contribution in [3.8, 4) is 0 Å². The smallest absolute Gasteiger partial charge is 0.315 e. The maximum absolute atomic E-state index is 6.47. The average Bonchev–Trinajstić information content (AvgIpc) is 2.77. The molecule has 0 atom stereocenters. The van der Waals surface area contributed by atoms with E-state index in [2.05, 4.69) is 30.7 Å². The number of tetrazole rings is 1. The Hall–Kier alpha value is -2.30. The van der Waals surface area contributed by atoms with Gasteiger partial charge in [0.05, 0.1) is 6.20 Å². The fourth-order valence-electron chi connectivity index (χ4n) is 0.593. The van der Waals surface area contributed by atoms with Gasteiger partial charge in [0.2, 0.25) is 0 Å². The van der Waals surface area contributed by atoms with Gasteiger partial charge in [0, 0.05) is 24.4 Å². The first-order valence-corrected chi connectivity index (χ1v) is 3.63. The van der Waals surface area contributed by atoms with E-state index < -0.39 is 0 Å². The van der Waals surface area contributed by atoms with Gasteiger partial charge in [0.25, 0.3) is 0 Å². The zero-order chi connectivity index (χ0) is 10.4. The summed E-state index contributed by atoms with van der Waals surface area (Å²) in [6.45, 7) is 6.47. The van der Waals surface area contributed by atoms with Gasteiger partial charge in [-0.05, 0) is 10.4 Å². The van der Waals surface area contributed by atoms with Crippen LogP contribution in [0.1, 0.15) is 7.43 Å². The van der Waals surface area contributed by atoms with Crippen molar-refractivity contribution in [3.63, 3.8) is 0 Å². The third-order valence-electron chi connectivity index (χ3n) is 1.16. The van der Waals surface area contributed by atoms with E-state index in [-0.39, 0.29) is 7.43 Å². The van der Waals surface area contributed by atoms with Crippen LogP contribution in [0.5, 0.6) is 0 Å². The normalized spacial score (nSPS) is 8.07. The molecule has 0 radical (unpaired) electrons. The fourth-order valence-corrected chi connectivity index (χ4v) is 0.593. The standard InChI is InChI=1S/C4H4N4.C2H4N4.CH4/c1-5-4-3-8(2)7-6-4;1-6-2-3-4-5-6;/h3H,2H3;2H,1H3;1H4. The molecule has 2 aromatic heterocycles. The summed E-state index contributed by atoms with van der Waals surface area (Å²) in [5, 5.41) is 17.2. The highest BCUT2D eigenvalue weighted by Gasteiger charge is 1.93. The van der Waals surface area contributed by atoms with Gasteiger partial charge in [0.15, 0.2) is 0 Å². The highest BCUT2D eigenvalue weighted by molar-refractivity contribution is 5.29. The minimum atomic E-state index is 0. The lowest BCUT2D eigenvalue weighted by atomic mass is 10.8. The van der Waals surface area contributed by atoms with Crippen molar-refractivity contribution in [3.05, 3.63) is 23.9 Å². The lowest BCUT2D eigenvalue weighted by Crippen LogP contribution is -1.85. The van der Waals surface area contributed by atoms with Crippen molar-refractivity contribution in [2.75, 3.05) is 0 Å². The lowest BCUT2D eigenvalue weighted by Gasteiger charge is -1.73. The summed E-state index contributed by atoms with van der Waals surface area (Å²) in [6, 6.07) is 0. The van der Waals surface area contributed by atoms with Gasteiger partial charge in [-0.1, -0.05) is 14.0 Å². The summed E-state index contributed by atoms with van der Waals surface area (Å²) in [5.74, 6) is 0.340. The molecule has 0 N–H and O–H groups in total. The van der Waals surface area contributed by atoms with E-state index in [1.54, 1.807) is 20.3 Å². The summed E-state index contributed by atoms with van der Waals surface area (Å²) in [5.41, 5.74) is 0. The number of rotatable bonds is 0. The van der Waals surface area contributed by atoms with Gasteiger partial charge >= 0.3 is 5.82 Å². The number of nitrogens with zero attached hydrogens (tertiary/aromatic N) is 8. The van der Waals surface area contributed by atoms with Crippen LogP contribution in [0.15, 0.2) is 12.5 Å². The highest BCUT2D eigenvalue weighted by Crippen LogP contribution is 2.00. The zero-order valence-electron chi connectivity index (χ0n) is 7.73. The molecule has 0 saturated heterocycles. The summed E-state index contributed by atoms with van der Waals surface area (Å²) in [6.07, 6.45) is 3.09. The molecule has 80 valence electrons. The lowest BCUT2D eigenvalue weighted by molar-refractivity contribution is 0.710. The molecule has 0 amide bonds. The number of aromatic nitrogens is 7. The van der Waals surface area contributed by atoms with Crippen LogP contribution in [-0.4, -0.2) is 35.2 Å². The van der Waals surface area contributed by atoms with E-state index in [0.717, 1.165) is 0 Å². The van der Waals surface area contributed by atoms with Gasteiger partial charge < -0.3 is 4.85 Å². The van der Waals surface area contributed by atoms with Gasteiger partial charge in [0.1, 0.15) is 6.33 Å². The van der Waals surface area contributed by atoms with Crippen LogP contribution in [0.4, 0.5) is 5.82 Å². The van der Waals surface area contributed by atoms with Gasteiger partial charge in [-0.15, -0.1) is 5.10 Å². The van der Waals surface area contributed by atoms with Crippen molar-refractivity contribution in [2.45, 2.75) is 7.43 Å². The molecule has 0 unspecified atom stereocenters. The summed E-state index contributed by atoms with van der Waals surface area (Å²) < 4.78 is 3.02. The molecular formula is C7H12N8. The monoisotopic (exact) mass is 208 g/mol. The highest BCUT2D eigenvalue weighted by atomic mass is 15.5. The van der Waals surface area contributed by atoms with E-state index in [1.807, 2.05) is 0 Å². The Balaban J connectivity index is 0.000000253. The molecule has 0 bridgehead atoms. The van der Waals surface area contributed by atoms with Crippen molar-refractivity contribution in [1.82, 2.24) is 35.2 Å². The van der Waals surface area contributed by atoms with E-state index >= 15 is 0 Å². The molecule has 0 aliphatic rings. The Bertz CT molecular complexity index is 408. The minimum absolute atomic E-state index is 0. The maximum Gasteiger partial charge on any atom is 0.315 e. The quantitative estimate of drug-likeness (QED) is 0.578. The molecule has 8 heteroatoms. The largest absolute Gasteiger partial charge is 0.358 e. The van der Waals surface area contributed by atoms with Gasteiger partial charge in [-0.25, -0.2) is 9.36 Å². The number of hydrogen-bond acceptors (Lipinski definition) is 5. The second-order valence-electron chi connectivity index (χ2n) is 2.35. The van der Waals surface area contributed by atoms with Crippen molar-refractivity contribution >= 4 is 5.82 Å². The molecule has 2 aromatic rings. The second kappa shape index (κ2) is 6.20. The van der Waals surface area contributed by atoms with Crippen molar-refractivity contribution in [1.29, 1.82) is 0 Å². The first-order chi connectivity index (χ1) is 6.72. The van der Waals surface area contributed by atoms with E-state index in [0.29, 0.717) is 5.82 Å². The molecule has 0 saturated carbocycles. The van der Waals surface area contributed by atoms with Gasteiger partial charge in [-0.2, -0.15) is 0 Å². The number of aryl methyl sites for hydroxylation is 2. The summed E-state index contributed by atoms with van der Waals surface area (Å²) in [4.78, 5) is 3.05. The Morgan fingerprint density at radius 3 is 2.20 bits per heavy atom. The zero-order valence-corrected chi connectivity index (χ0v) is 7.73. The topological polar surface area (TPSA) is 78.7 Å². The second-order valence-corrected chi connectivity index (χ2v) is 2.35. The predicted molar refractivity (Wildman–Crippen MR) is 52.8 cm³/mol. The Kier molecular flexibility index (Phi) is 5.25. The molecular weight excluding hydrogens is 196 g/mol. The Morgan fingerprint density at radius 2 is 2.00 bits per heavy atom. The van der Waals surface area contributed by atoms with Crippen molar-refractivity contribution < 1.29 is 0 Å².